The van der Waals surface area contributed by atoms with Crippen LogP contribution in [0.15, 0.2) is 21.5 Å². The van der Waals surface area contributed by atoms with Crippen molar-refractivity contribution in [1.82, 2.24) is 9.21 Å². The maximum atomic E-state index is 12.7. The van der Waals surface area contributed by atoms with Crippen molar-refractivity contribution in [1.29, 1.82) is 0 Å². The average Bonchev–Trinajstić information content (AvgIpc) is 2.76. The SMILES string of the molecule is CN(C)C1CCN(S(=O)(=O)c2c(Cl)cc(Br)cc2Cl)C1. The van der Waals surface area contributed by atoms with Gasteiger partial charge in [-0.1, -0.05) is 39.1 Å². The lowest BCUT2D eigenvalue weighted by Crippen LogP contribution is -2.34. The van der Waals surface area contributed by atoms with E-state index in [1.165, 1.54) is 4.31 Å². The first kappa shape index (κ1) is 16.5. The van der Waals surface area contributed by atoms with E-state index in [4.69, 9.17) is 23.2 Å². The van der Waals surface area contributed by atoms with E-state index < -0.39 is 10.0 Å². The second kappa shape index (κ2) is 6.10. The number of likely N-dealkylation sites (N-methyl/N-ethyl adjacent to an activating group) is 1. The van der Waals surface area contributed by atoms with E-state index in [1.807, 2.05) is 19.0 Å². The summed E-state index contributed by atoms with van der Waals surface area (Å²) in [6.07, 6.45) is 0.804. The second-order valence-electron chi connectivity index (χ2n) is 4.97. The molecule has 1 aliphatic rings. The molecule has 0 amide bonds. The Labute approximate surface area is 137 Å². The third kappa shape index (κ3) is 3.15. The number of hydrogen-bond acceptors (Lipinski definition) is 3. The van der Waals surface area contributed by atoms with Gasteiger partial charge >= 0.3 is 0 Å². The molecule has 0 aromatic heterocycles. The minimum atomic E-state index is -3.66. The fraction of sp³-hybridized carbons (Fsp3) is 0.500. The first-order valence-corrected chi connectivity index (χ1v) is 9.03. The summed E-state index contributed by atoms with van der Waals surface area (Å²) in [5.41, 5.74) is 0. The fourth-order valence-electron chi connectivity index (χ4n) is 2.25. The maximum Gasteiger partial charge on any atom is 0.246 e. The van der Waals surface area contributed by atoms with Crippen LogP contribution in [0, 0.1) is 0 Å². The molecule has 4 nitrogen and oxygen atoms in total. The molecule has 8 heteroatoms. The summed E-state index contributed by atoms with van der Waals surface area (Å²) in [5, 5.41) is 0.273. The summed E-state index contributed by atoms with van der Waals surface area (Å²) in [4.78, 5) is 2.02. The zero-order chi connectivity index (χ0) is 15.1. The van der Waals surface area contributed by atoms with Gasteiger partial charge in [0.05, 0.1) is 10.0 Å². The van der Waals surface area contributed by atoms with Gasteiger partial charge in [0.1, 0.15) is 4.90 Å². The smallest absolute Gasteiger partial charge is 0.246 e. The van der Waals surface area contributed by atoms with Crippen molar-refractivity contribution in [2.75, 3.05) is 27.2 Å². The normalized spacial score (nSPS) is 20.8. The maximum absolute atomic E-state index is 12.7. The molecule has 2 rings (SSSR count). The molecule has 1 aromatic carbocycles. The Kier molecular flexibility index (Phi) is 5.04. The van der Waals surface area contributed by atoms with Crippen molar-refractivity contribution in [3.05, 3.63) is 26.7 Å². The van der Waals surface area contributed by atoms with E-state index >= 15 is 0 Å². The average molecular weight is 402 g/mol. The number of nitrogens with zero attached hydrogens (tertiary/aromatic N) is 2. The van der Waals surface area contributed by atoms with E-state index in [9.17, 15) is 8.42 Å². The lowest BCUT2D eigenvalue weighted by molar-refractivity contribution is 0.302. The van der Waals surface area contributed by atoms with Gasteiger partial charge in [-0.3, -0.25) is 0 Å². The summed E-state index contributed by atoms with van der Waals surface area (Å²) in [6, 6.07) is 3.30. The van der Waals surface area contributed by atoms with Crippen LogP contribution in [0.4, 0.5) is 0 Å². The first-order chi connectivity index (χ1) is 9.23. The highest BCUT2D eigenvalue weighted by molar-refractivity contribution is 9.10. The van der Waals surface area contributed by atoms with Crippen LogP contribution in [0.2, 0.25) is 10.0 Å². The third-order valence-electron chi connectivity index (χ3n) is 3.42. The highest BCUT2D eigenvalue weighted by Gasteiger charge is 2.35. The van der Waals surface area contributed by atoms with Crippen LogP contribution < -0.4 is 0 Å². The van der Waals surface area contributed by atoms with E-state index in [-0.39, 0.29) is 21.0 Å². The number of halogens is 3. The fourth-order valence-corrected chi connectivity index (χ4v) is 5.63. The molecule has 1 fully saturated rings. The molecule has 1 aliphatic heterocycles. The van der Waals surface area contributed by atoms with Gasteiger partial charge in [-0.05, 0) is 32.6 Å². The van der Waals surface area contributed by atoms with E-state index in [1.54, 1.807) is 12.1 Å². The predicted octanol–water partition coefficient (Wildman–Crippen LogP) is 3.08. The molecule has 0 spiro atoms. The van der Waals surface area contributed by atoms with Gasteiger partial charge in [-0.15, -0.1) is 0 Å². The molecule has 0 bridgehead atoms. The minimum Gasteiger partial charge on any atom is -0.305 e. The Hall–Kier alpha value is 0.150. The molecule has 0 aliphatic carbocycles. The van der Waals surface area contributed by atoms with Gasteiger partial charge in [-0.25, -0.2) is 8.42 Å². The molecule has 1 heterocycles. The van der Waals surface area contributed by atoms with Crippen molar-refractivity contribution < 1.29 is 8.42 Å². The molecule has 20 heavy (non-hydrogen) atoms. The van der Waals surface area contributed by atoms with Crippen LogP contribution in [0.5, 0.6) is 0 Å². The van der Waals surface area contributed by atoms with Crippen LogP contribution in [0.3, 0.4) is 0 Å². The van der Waals surface area contributed by atoms with Gasteiger partial charge in [0.2, 0.25) is 10.0 Å². The highest BCUT2D eigenvalue weighted by atomic mass is 79.9. The summed E-state index contributed by atoms with van der Waals surface area (Å²) >= 11 is 15.4. The Morgan fingerprint density at radius 1 is 1.30 bits per heavy atom. The molecule has 0 radical (unpaired) electrons. The van der Waals surface area contributed by atoms with Gasteiger partial charge in [-0.2, -0.15) is 4.31 Å². The highest BCUT2D eigenvalue weighted by Crippen LogP contribution is 2.35. The number of hydrogen-bond donors (Lipinski definition) is 0. The van der Waals surface area contributed by atoms with Crippen LogP contribution in [0.1, 0.15) is 6.42 Å². The minimum absolute atomic E-state index is 0.0107. The van der Waals surface area contributed by atoms with Crippen molar-refractivity contribution in [3.63, 3.8) is 0 Å². The van der Waals surface area contributed by atoms with E-state index in [2.05, 4.69) is 15.9 Å². The summed E-state index contributed by atoms with van der Waals surface area (Å²) < 4.78 is 27.5. The van der Waals surface area contributed by atoms with Gasteiger partial charge < -0.3 is 4.90 Å². The summed E-state index contributed by atoms with van der Waals surface area (Å²) in [6.45, 7) is 0.936. The molecule has 0 N–H and O–H groups in total. The van der Waals surface area contributed by atoms with Crippen LogP contribution in [-0.4, -0.2) is 50.8 Å². The lowest BCUT2D eigenvalue weighted by Gasteiger charge is -2.21. The molecule has 1 saturated heterocycles. The quantitative estimate of drug-likeness (QED) is 0.781. The van der Waals surface area contributed by atoms with Crippen LogP contribution >= 0.6 is 39.1 Å². The van der Waals surface area contributed by atoms with Crippen molar-refractivity contribution in [2.45, 2.75) is 17.4 Å². The van der Waals surface area contributed by atoms with Gasteiger partial charge in [0, 0.05) is 23.6 Å². The number of sulfonamides is 1. The van der Waals surface area contributed by atoms with Crippen LogP contribution in [-0.2, 0) is 10.0 Å². The summed E-state index contributed by atoms with van der Waals surface area (Å²) in [7, 11) is 0.228. The number of rotatable bonds is 3. The molecule has 1 atom stereocenters. The largest absolute Gasteiger partial charge is 0.305 e. The standard InChI is InChI=1S/C12H15BrCl2N2O2S/c1-16(2)9-3-4-17(7-9)20(18,19)12-10(14)5-8(13)6-11(12)15/h5-6,9H,3-4,7H2,1-2H3. The Morgan fingerprint density at radius 3 is 2.30 bits per heavy atom. The summed E-state index contributed by atoms with van der Waals surface area (Å²) in [5.74, 6) is 0. The molecular formula is C12H15BrCl2N2O2S. The van der Waals surface area contributed by atoms with E-state index in [0.717, 1.165) is 6.42 Å². The molecular weight excluding hydrogens is 387 g/mol. The Morgan fingerprint density at radius 2 is 1.85 bits per heavy atom. The second-order valence-corrected chi connectivity index (χ2v) is 8.57. The lowest BCUT2D eigenvalue weighted by atomic mass is 10.2. The van der Waals surface area contributed by atoms with Crippen molar-refractivity contribution in [2.24, 2.45) is 0 Å². The number of benzene rings is 1. The van der Waals surface area contributed by atoms with E-state index in [0.29, 0.717) is 17.6 Å². The molecule has 112 valence electrons. The van der Waals surface area contributed by atoms with Gasteiger partial charge in [0.25, 0.3) is 0 Å². The molecule has 1 unspecified atom stereocenters. The van der Waals surface area contributed by atoms with Crippen molar-refractivity contribution >= 4 is 49.2 Å². The first-order valence-electron chi connectivity index (χ1n) is 6.04. The molecule has 0 saturated carbocycles. The van der Waals surface area contributed by atoms with Gasteiger partial charge in [0.15, 0.2) is 0 Å². The van der Waals surface area contributed by atoms with Crippen LogP contribution in [0.25, 0.3) is 0 Å². The zero-order valence-electron chi connectivity index (χ0n) is 11.1. The third-order valence-corrected chi connectivity index (χ3v) is 6.66. The predicted molar refractivity (Wildman–Crippen MR) is 85.0 cm³/mol. The monoisotopic (exact) mass is 400 g/mol. The molecule has 1 aromatic rings. The zero-order valence-corrected chi connectivity index (χ0v) is 15.0. The Bertz CT molecular complexity index is 599. The van der Waals surface area contributed by atoms with Crippen molar-refractivity contribution in [3.8, 4) is 0 Å². The topological polar surface area (TPSA) is 40.6 Å². The Balaban J connectivity index is 2.38.